The van der Waals surface area contributed by atoms with E-state index in [1.54, 1.807) is 22.7 Å². The van der Waals surface area contributed by atoms with Crippen molar-refractivity contribution in [3.8, 4) is 0 Å². The summed E-state index contributed by atoms with van der Waals surface area (Å²) < 4.78 is 4.19. The first-order chi connectivity index (χ1) is 18.7. The van der Waals surface area contributed by atoms with Crippen LogP contribution in [0.2, 0.25) is 0 Å². The molecule has 0 spiro atoms. The standard InChI is InChI=1S/C28H34N8S2/c1-3-33-19-21-37-27(33)31-29-23-7-11-25(12-8-23)35-15-5-17-36(18-6-16-35)26-13-9-24(10-14-26)30-32-28-34(4-2)20-22-38-28/h7-14,19-22H,3-6,15-18H2,1-2H3/q+2. The van der Waals surface area contributed by atoms with Crippen molar-refractivity contribution in [2.24, 2.45) is 20.5 Å². The second-order valence-electron chi connectivity index (χ2n) is 9.06. The molecule has 4 aromatic rings. The Labute approximate surface area is 232 Å². The van der Waals surface area contributed by atoms with Crippen molar-refractivity contribution in [3.63, 3.8) is 0 Å². The average Bonchev–Trinajstić information content (AvgIpc) is 3.60. The van der Waals surface area contributed by atoms with Gasteiger partial charge in [-0.2, -0.15) is 0 Å². The fourth-order valence-corrected chi connectivity index (χ4v) is 6.03. The molecule has 0 unspecified atom stereocenters. The molecule has 0 bridgehead atoms. The van der Waals surface area contributed by atoms with Gasteiger partial charge in [-0.1, -0.05) is 0 Å². The first kappa shape index (κ1) is 26.1. The van der Waals surface area contributed by atoms with Crippen molar-refractivity contribution in [1.29, 1.82) is 0 Å². The number of hydrogen-bond donors (Lipinski definition) is 0. The Balaban J connectivity index is 1.14. The first-order valence-electron chi connectivity index (χ1n) is 13.2. The quantitative estimate of drug-likeness (QED) is 0.171. The fraction of sp³-hybridized carbons (Fsp3) is 0.357. The largest absolute Gasteiger partial charge is 0.408 e. The summed E-state index contributed by atoms with van der Waals surface area (Å²) in [5, 5.41) is 23.6. The lowest BCUT2D eigenvalue weighted by Crippen LogP contribution is -2.36. The molecule has 1 fully saturated rings. The normalized spacial score (nSPS) is 14.9. The summed E-state index contributed by atoms with van der Waals surface area (Å²) in [7, 11) is 0. The summed E-state index contributed by atoms with van der Waals surface area (Å²) in [6.45, 7) is 10.2. The number of aromatic nitrogens is 2. The van der Waals surface area contributed by atoms with E-state index in [2.05, 4.69) is 102 Å². The van der Waals surface area contributed by atoms with Gasteiger partial charge in [-0.05, 0) is 108 Å². The first-order valence-corrected chi connectivity index (χ1v) is 15.0. The molecule has 1 aliphatic rings. The molecule has 0 radical (unpaired) electrons. The van der Waals surface area contributed by atoms with Crippen LogP contribution < -0.4 is 18.9 Å². The van der Waals surface area contributed by atoms with E-state index in [0.717, 1.165) is 73.7 Å². The van der Waals surface area contributed by atoms with Gasteiger partial charge in [0.2, 0.25) is 0 Å². The van der Waals surface area contributed by atoms with E-state index in [4.69, 9.17) is 0 Å². The van der Waals surface area contributed by atoms with E-state index in [1.165, 1.54) is 11.4 Å². The molecule has 0 aliphatic carbocycles. The van der Waals surface area contributed by atoms with Gasteiger partial charge in [-0.25, -0.2) is 9.13 Å². The minimum absolute atomic E-state index is 0.881. The van der Waals surface area contributed by atoms with Gasteiger partial charge in [0.25, 0.3) is 0 Å². The highest BCUT2D eigenvalue weighted by Gasteiger charge is 2.15. The average molecular weight is 547 g/mol. The van der Waals surface area contributed by atoms with Crippen LogP contribution in [0, 0.1) is 0 Å². The molecule has 1 aliphatic heterocycles. The molecule has 0 atom stereocenters. The zero-order valence-corrected chi connectivity index (χ0v) is 23.6. The molecule has 196 valence electrons. The maximum atomic E-state index is 4.44. The van der Waals surface area contributed by atoms with Crippen molar-refractivity contribution < 1.29 is 9.13 Å². The van der Waals surface area contributed by atoms with Crippen molar-refractivity contribution >= 4 is 55.7 Å². The molecule has 10 heteroatoms. The Bertz CT molecular complexity index is 1240. The van der Waals surface area contributed by atoms with E-state index in [9.17, 15) is 0 Å². The lowest BCUT2D eigenvalue weighted by atomic mass is 10.2. The maximum absolute atomic E-state index is 4.44. The number of anilines is 2. The number of thiazole rings is 2. The molecule has 1 saturated heterocycles. The monoisotopic (exact) mass is 546 g/mol. The predicted octanol–water partition coefficient (Wildman–Crippen LogP) is 7.36. The topological polar surface area (TPSA) is 63.7 Å². The summed E-state index contributed by atoms with van der Waals surface area (Å²) in [4.78, 5) is 4.97. The van der Waals surface area contributed by atoms with Gasteiger partial charge in [-0.3, -0.25) is 0 Å². The smallest absolute Gasteiger partial charge is 0.371 e. The van der Waals surface area contributed by atoms with E-state index in [-0.39, 0.29) is 0 Å². The minimum Gasteiger partial charge on any atom is -0.371 e. The number of hydrogen-bond acceptors (Lipinski definition) is 8. The summed E-state index contributed by atoms with van der Waals surface area (Å²) in [5.41, 5.74) is 4.26. The molecule has 8 nitrogen and oxygen atoms in total. The summed E-state index contributed by atoms with van der Waals surface area (Å²) >= 11 is 3.21. The number of benzene rings is 2. The van der Waals surface area contributed by atoms with Crippen LogP contribution in [0.4, 0.5) is 33.0 Å². The zero-order valence-electron chi connectivity index (χ0n) is 22.0. The predicted molar refractivity (Wildman–Crippen MR) is 155 cm³/mol. The van der Waals surface area contributed by atoms with Crippen LogP contribution >= 0.6 is 22.7 Å². The molecular formula is C28H34N8S2+2. The highest BCUT2D eigenvalue weighted by molar-refractivity contribution is 7.13. The molecule has 0 amide bonds. The second kappa shape index (κ2) is 12.8. The summed E-state index contributed by atoms with van der Waals surface area (Å²) in [5.74, 6) is 0. The van der Waals surface area contributed by atoms with Gasteiger partial charge in [0.05, 0.1) is 23.3 Å². The molecule has 2 aromatic heterocycles. The number of azo groups is 2. The SMILES string of the molecule is CC[n+]1ccsc1/N=N/c1ccc(N2CCCN(c3ccc(/N=N/c4scc[n+]4CC)cc3)CCC2)cc1. The third kappa shape index (κ3) is 6.49. The van der Waals surface area contributed by atoms with Crippen molar-refractivity contribution in [1.82, 2.24) is 0 Å². The maximum Gasteiger partial charge on any atom is 0.408 e. The van der Waals surface area contributed by atoms with Crippen LogP contribution in [0.5, 0.6) is 0 Å². The molecule has 2 aromatic carbocycles. The van der Waals surface area contributed by atoms with Gasteiger partial charge in [0, 0.05) is 48.3 Å². The van der Waals surface area contributed by atoms with Gasteiger partial charge in [0.1, 0.15) is 23.8 Å². The van der Waals surface area contributed by atoms with Crippen LogP contribution in [-0.4, -0.2) is 26.2 Å². The minimum atomic E-state index is 0.881. The van der Waals surface area contributed by atoms with Crippen molar-refractivity contribution in [2.45, 2.75) is 39.8 Å². The molecule has 0 saturated carbocycles. The second-order valence-corrected chi connectivity index (χ2v) is 10.8. The third-order valence-corrected chi connectivity index (χ3v) is 8.21. The van der Waals surface area contributed by atoms with Crippen LogP contribution in [0.15, 0.2) is 92.1 Å². The number of rotatable bonds is 8. The number of nitrogens with zero attached hydrogens (tertiary/aromatic N) is 8. The van der Waals surface area contributed by atoms with Crippen molar-refractivity contribution in [3.05, 3.63) is 71.7 Å². The van der Waals surface area contributed by atoms with Gasteiger partial charge >= 0.3 is 10.3 Å². The number of aryl methyl sites for hydroxylation is 2. The van der Waals surface area contributed by atoms with Crippen LogP contribution in [-0.2, 0) is 13.1 Å². The Hall–Kier alpha value is -3.50. The van der Waals surface area contributed by atoms with Crippen molar-refractivity contribution in [2.75, 3.05) is 36.0 Å². The molecule has 5 rings (SSSR count). The van der Waals surface area contributed by atoms with Crippen LogP contribution in [0.1, 0.15) is 26.7 Å². The summed E-state index contributed by atoms with van der Waals surface area (Å²) in [6.07, 6.45) is 6.29. The Kier molecular flexibility index (Phi) is 8.82. The van der Waals surface area contributed by atoms with E-state index >= 15 is 0 Å². The molecular weight excluding hydrogens is 512 g/mol. The Morgan fingerprint density at radius 2 is 1.00 bits per heavy atom. The van der Waals surface area contributed by atoms with E-state index in [0.29, 0.717) is 0 Å². The Morgan fingerprint density at radius 1 is 0.605 bits per heavy atom. The van der Waals surface area contributed by atoms with E-state index in [1.807, 2.05) is 23.2 Å². The fourth-order valence-electron chi connectivity index (χ4n) is 4.54. The molecule has 38 heavy (non-hydrogen) atoms. The molecule has 3 heterocycles. The zero-order chi connectivity index (χ0) is 26.2. The van der Waals surface area contributed by atoms with Gasteiger partial charge in [-0.15, -0.1) is 0 Å². The Morgan fingerprint density at radius 3 is 1.37 bits per heavy atom. The van der Waals surface area contributed by atoms with Crippen LogP contribution in [0.3, 0.4) is 0 Å². The van der Waals surface area contributed by atoms with Gasteiger partial charge in [0.15, 0.2) is 0 Å². The van der Waals surface area contributed by atoms with E-state index < -0.39 is 0 Å². The lowest BCUT2D eigenvalue weighted by Gasteiger charge is -2.33. The summed E-state index contributed by atoms with van der Waals surface area (Å²) in [6, 6.07) is 16.9. The third-order valence-electron chi connectivity index (χ3n) is 6.65. The van der Waals surface area contributed by atoms with Crippen LogP contribution in [0.25, 0.3) is 0 Å². The highest BCUT2D eigenvalue weighted by Crippen LogP contribution is 2.26. The lowest BCUT2D eigenvalue weighted by molar-refractivity contribution is -0.677. The highest BCUT2D eigenvalue weighted by atomic mass is 32.1. The molecule has 0 N–H and O–H groups in total. The van der Waals surface area contributed by atoms with Gasteiger partial charge < -0.3 is 9.80 Å².